The van der Waals surface area contributed by atoms with Gasteiger partial charge in [0.1, 0.15) is 5.82 Å². The van der Waals surface area contributed by atoms with E-state index in [1.54, 1.807) is 0 Å². The first kappa shape index (κ1) is 25.2. The lowest BCUT2D eigenvalue weighted by molar-refractivity contribution is -0.137. The van der Waals surface area contributed by atoms with Gasteiger partial charge in [-0.1, -0.05) is 12.2 Å². The Morgan fingerprint density at radius 3 is 2.22 bits per heavy atom. The normalized spacial score (nSPS) is 28.1. The molecule has 0 radical (unpaired) electrons. The molecule has 4 aliphatic rings. The van der Waals surface area contributed by atoms with Crippen molar-refractivity contribution in [2.75, 3.05) is 26.2 Å². The van der Waals surface area contributed by atoms with E-state index in [9.17, 15) is 27.2 Å². The molecule has 2 saturated carbocycles. The number of hydrogen-bond acceptors (Lipinski definition) is 3. The molecule has 2 N–H and O–H groups in total. The first-order valence-electron chi connectivity index (χ1n) is 13.0. The van der Waals surface area contributed by atoms with Gasteiger partial charge < -0.3 is 15.5 Å². The van der Waals surface area contributed by atoms with Crippen molar-refractivity contribution in [2.24, 2.45) is 29.1 Å². The minimum absolute atomic E-state index is 0.00635. The summed E-state index contributed by atoms with van der Waals surface area (Å²) >= 11 is 0. The van der Waals surface area contributed by atoms with Gasteiger partial charge in [0.05, 0.1) is 17.4 Å². The Balaban J connectivity index is 1.21. The van der Waals surface area contributed by atoms with Crippen LogP contribution in [0.1, 0.15) is 49.7 Å². The number of hydrogen-bond donors (Lipinski definition) is 2. The van der Waals surface area contributed by atoms with Gasteiger partial charge in [-0.2, -0.15) is 13.2 Å². The van der Waals surface area contributed by atoms with Crippen LogP contribution in [0, 0.1) is 34.9 Å². The van der Waals surface area contributed by atoms with E-state index in [1.807, 2.05) is 6.08 Å². The lowest BCUT2D eigenvalue weighted by atomic mass is 9.81. The Morgan fingerprint density at radius 2 is 1.61 bits per heavy atom. The van der Waals surface area contributed by atoms with Crippen molar-refractivity contribution in [3.63, 3.8) is 0 Å². The molecule has 3 aliphatic carbocycles. The Hall–Kier alpha value is -2.42. The largest absolute Gasteiger partial charge is 0.416 e. The van der Waals surface area contributed by atoms with E-state index in [0.717, 1.165) is 57.5 Å². The van der Waals surface area contributed by atoms with Gasteiger partial charge in [0.15, 0.2) is 0 Å². The zero-order valence-electron chi connectivity index (χ0n) is 20.2. The van der Waals surface area contributed by atoms with Crippen LogP contribution in [0.15, 0.2) is 30.4 Å². The summed E-state index contributed by atoms with van der Waals surface area (Å²) in [6, 6.07) is 2.18. The number of carbonyl (C=O) groups excluding carboxylic acids is 2. The molecule has 2 amide bonds. The maximum absolute atomic E-state index is 14.2. The molecular weight excluding hydrogens is 474 g/mol. The summed E-state index contributed by atoms with van der Waals surface area (Å²) in [4.78, 5) is 29.0. The molecule has 1 spiro atoms. The first-order chi connectivity index (χ1) is 17.2. The van der Waals surface area contributed by atoms with Crippen molar-refractivity contribution in [1.29, 1.82) is 0 Å². The number of halogens is 4. The number of allylic oxidation sites excluding steroid dienone is 2. The lowest BCUT2D eigenvalue weighted by Gasteiger charge is -2.26. The van der Waals surface area contributed by atoms with Crippen molar-refractivity contribution < 1.29 is 27.2 Å². The van der Waals surface area contributed by atoms with E-state index >= 15 is 0 Å². The number of alkyl halides is 3. The van der Waals surface area contributed by atoms with E-state index in [-0.39, 0.29) is 35.3 Å². The third-order valence-corrected chi connectivity index (χ3v) is 8.67. The topological polar surface area (TPSA) is 61.4 Å². The number of rotatable bonds is 9. The second-order valence-corrected chi connectivity index (χ2v) is 10.8. The summed E-state index contributed by atoms with van der Waals surface area (Å²) in [7, 11) is 0. The van der Waals surface area contributed by atoms with E-state index in [2.05, 4.69) is 21.6 Å². The Morgan fingerprint density at radius 1 is 0.972 bits per heavy atom. The zero-order chi connectivity index (χ0) is 25.5. The molecule has 2 bridgehead atoms. The highest BCUT2D eigenvalue weighted by molar-refractivity contribution is 5.90. The van der Waals surface area contributed by atoms with Crippen LogP contribution in [0.3, 0.4) is 0 Å². The van der Waals surface area contributed by atoms with Gasteiger partial charge in [-0.3, -0.25) is 9.59 Å². The van der Waals surface area contributed by atoms with E-state index in [4.69, 9.17) is 0 Å². The van der Waals surface area contributed by atoms with Crippen molar-refractivity contribution in [2.45, 2.75) is 51.2 Å². The molecule has 0 unspecified atom stereocenters. The van der Waals surface area contributed by atoms with Gasteiger partial charge in [-0.25, -0.2) is 4.39 Å². The maximum Gasteiger partial charge on any atom is 0.416 e. The summed E-state index contributed by atoms with van der Waals surface area (Å²) in [6.45, 7) is 3.53. The van der Waals surface area contributed by atoms with Gasteiger partial charge in [-0.05, 0) is 93.6 Å². The molecule has 196 valence electrons. The van der Waals surface area contributed by atoms with Gasteiger partial charge in [0.2, 0.25) is 11.8 Å². The average Bonchev–Trinajstić information content (AvgIpc) is 3.19. The van der Waals surface area contributed by atoms with Crippen LogP contribution in [0.2, 0.25) is 0 Å². The molecule has 0 aromatic heterocycles. The fourth-order valence-corrected chi connectivity index (χ4v) is 6.69. The molecule has 5 nitrogen and oxygen atoms in total. The number of nitrogens with one attached hydrogen (secondary N) is 2. The van der Waals surface area contributed by atoms with Crippen LogP contribution in [-0.4, -0.2) is 42.9 Å². The zero-order valence-corrected chi connectivity index (χ0v) is 20.2. The Kier molecular flexibility index (Phi) is 6.87. The number of likely N-dealkylation sites (tertiary alicyclic amines) is 1. The molecule has 9 heteroatoms. The molecule has 3 fully saturated rings. The monoisotopic (exact) mass is 507 g/mol. The van der Waals surface area contributed by atoms with Crippen molar-refractivity contribution in [3.05, 3.63) is 47.3 Å². The quantitative estimate of drug-likeness (QED) is 0.298. The fourth-order valence-electron chi connectivity index (χ4n) is 6.69. The molecule has 4 atom stereocenters. The molecular formula is C27H33F4N3O2. The van der Waals surface area contributed by atoms with Crippen molar-refractivity contribution in [1.82, 2.24) is 15.5 Å². The number of amides is 2. The third kappa shape index (κ3) is 4.78. The van der Waals surface area contributed by atoms with Gasteiger partial charge in [0, 0.05) is 18.7 Å². The molecule has 1 aromatic carbocycles. The van der Waals surface area contributed by atoms with Gasteiger partial charge in [-0.15, -0.1) is 0 Å². The highest BCUT2D eigenvalue weighted by atomic mass is 19.4. The van der Waals surface area contributed by atoms with Crippen molar-refractivity contribution in [3.8, 4) is 0 Å². The summed E-state index contributed by atoms with van der Waals surface area (Å²) in [5.41, 5.74) is -1.24. The highest BCUT2D eigenvalue weighted by Gasteiger charge is 2.69. The number of carbonyl (C=O) groups is 2. The predicted octanol–water partition coefficient (Wildman–Crippen LogP) is 4.28. The molecule has 1 saturated heterocycles. The van der Waals surface area contributed by atoms with E-state index in [0.29, 0.717) is 12.6 Å². The molecule has 1 aromatic rings. The molecule has 1 heterocycles. The minimum Gasteiger partial charge on any atom is -0.356 e. The van der Waals surface area contributed by atoms with Gasteiger partial charge in [0.25, 0.3) is 0 Å². The van der Waals surface area contributed by atoms with Crippen LogP contribution >= 0.6 is 0 Å². The van der Waals surface area contributed by atoms with Crippen LogP contribution < -0.4 is 10.6 Å². The number of nitrogens with zero attached hydrogens (tertiary/aromatic N) is 1. The maximum atomic E-state index is 14.2. The summed E-state index contributed by atoms with van der Waals surface area (Å²) < 4.78 is 53.3. The van der Waals surface area contributed by atoms with E-state index < -0.39 is 35.3 Å². The minimum atomic E-state index is -4.60. The van der Waals surface area contributed by atoms with Crippen LogP contribution in [-0.2, 0) is 22.3 Å². The lowest BCUT2D eigenvalue weighted by Crippen LogP contribution is -2.44. The molecule has 1 aliphatic heterocycles. The van der Waals surface area contributed by atoms with Crippen molar-refractivity contribution >= 4 is 11.8 Å². The first-order valence-corrected chi connectivity index (χ1v) is 13.0. The van der Waals surface area contributed by atoms with Crippen LogP contribution in [0.5, 0.6) is 0 Å². The Labute approximate surface area is 208 Å². The summed E-state index contributed by atoms with van der Waals surface area (Å²) in [5.74, 6) is -2.52. The molecule has 5 rings (SSSR count). The number of unbranched alkanes of at least 4 members (excludes halogenated alkanes) is 1. The predicted molar refractivity (Wildman–Crippen MR) is 126 cm³/mol. The smallest absolute Gasteiger partial charge is 0.356 e. The fraction of sp³-hybridized carbons (Fsp3) is 0.630. The van der Waals surface area contributed by atoms with Crippen LogP contribution in [0.4, 0.5) is 17.6 Å². The second-order valence-electron chi connectivity index (χ2n) is 10.8. The Bertz CT molecular complexity index is 1030. The molecule has 36 heavy (non-hydrogen) atoms. The summed E-state index contributed by atoms with van der Waals surface area (Å²) in [6.07, 6.45) is 5.78. The highest BCUT2D eigenvalue weighted by Crippen LogP contribution is 2.72. The van der Waals surface area contributed by atoms with E-state index in [1.165, 1.54) is 12.8 Å². The van der Waals surface area contributed by atoms with Crippen LogP contribution in [0.25, 0.3) is 0 Å². The second kappa shape index (κ2) is 9.80. The average molecular weight is 508 g/mol. The van der Waals surface area contributed by atoms with Gasteiger partial charge >= 0.3 is 6.18 Å². The summed E-state index contributed by atoms with van der Waals surface area (Å²) in [5, 5.41) is 5.67. The SMILES string of the molecule is O=C(NCCCCN1CCCC1)[C@H]1[C@H](C(=O)NCc2cc(C(F)(F)F)ccc2F)[C@H]2C=C[C@H]1C21CC1. The third-order valence-electron chi connectivity index (χ3n) is 8.67. The number of benzene rings is 1. The standard InChI is InChI=1S/C27H33F4N3O2/c28-21-8-5-18(27(29,30)31)15-17(21)16-33-25(36)23-20-7-6-19(26(20)9-10-26)22(23)24(35)32-11-1-2-12-34-13-3-4-14-34/h5-8,15,19-20,22-23H,1-4,9-14,16H2,(H,32,35)(H,33,36)/t19-,20-,22-,23-/m1/s1.